The van der Waals surface area contributed by atoms with Gasteiger partial charge in [-0.05, 0) is 60.3 Å². The Labute approximate surface area is 92.0 Å². The summed E-state index contributed by atoms with van der Waals surface area (Å²) in [5.41, 5.74) is 0.994. The van der Waals surface area contributed by atoms with Gasteiger partial charge in [0.1, 0.15) is 17.1 Å². The molecular weight excluding hydrogens is 244 g/mol. The van der Waals surface area contributed by atoms with Crippen molar-refractivity contribution in [2.45, 2.75) is 32.3 Å². The molecule has 0 spiro atoms. The van der Waals surface area contributed by atoms with E-state index in [2.05, 4.69) is 29.8 Å². The van der Waals surface area contributed by atoms with Crippen molar-refractivity contribution >= 4 is 15.9 Å². The Morgan fingerprint density at radius 1 is 1.43 bits per heavy atom. The lowest BCUT2D eigenvalue weighted by Crippen LogP contribution is -2.32. The molecule has 1 aromatic carbocycles. The Balaban J connectivity index is 2.43. The number of aromatic hydroxyl groups is 1. The zero-order valence-corrected chi connectivity index (χ0v) is 9.89. The first-order valence-corrected chi connectivity index (χ1v) is 5.48. The molecule has 0 saturated heterocycles. The van der Waals surface area contributed by atoms with E-state index in [0.717, 1.165) is 24.2 Å². The zero-order chi connectivity index (χ0) is 10.3. The molecular formula is C11H13BrO2. The van der Waals surface area contributed by atoms with Crippen LogP contribution in [0.25, 0.3) is 0 Å². The van der Waals surface area contributed by atoms with Crippen LogP contribution in [0.15, 0.2) is 16.6 Å². The van der Waals surface area contributed by atoms with Gasteiger partial charge in [0.2, 0.25) is 0 Å². The maximum atomic E-state index is 9.50. The predicted octanol–water partition coefficient (Wildman–Crippen LogP) is 3.26. The van der Waals surface area contributed by atoms with E-state index in [-0.39, 0.29) is 11.4 Å². The SMILES string of the molecule is CC1(C)CCc2cc(O)c(Br)cc2O1. The monoisotopic (exact) mass is 256 g/mol. The van der Waals surface area contributed by atoms with E-state index in [1.54, 1.807) is 6.07 Å². The molecule has 0 aromatic heterocycles. The van der Waals surface area contributed by atoms with Crippen molar-refractivity contribution in [3.8, 4) is 11.5 Å². The van der Waals surface area contributed by atoms with Crippen LogP contribution in [0.5, 0.6) is 11.5 Å². The van der Waals surface area contributed by atoms with Gasteiger partial charge in [-0.2, -0.15) is 0 Å². The summed E-state index contributed by atoms with van der Waals surface area (Å²) in [7, 11) is 0. The molecule has 0 amide bonds. The zero-order valence-electron chi connectivity index (χ0n) is 8.30. The molecule has 0 fully saturated rings. The molecule has 1 aliphatic rings. The third-order valence-electron chi connectivity index (χ3n) is 2.51. The number of benzene rings is 1. The number of rotatable bonds is 0. The van der Waals surface area contributed by atoms with E-state index in [4.69, 9.17) is 4.74 Å². The average molecular weight is 257 g/mol. The Kier molecular flexibility index (Phi) is 2.22. The fraction of sp³-hybridized carbons (Fsp3) is 0.455. The highest BCUT2D eigenvalue weighted by Crippen LogP contribution is 2.38. The lowest BCUT2D eigenvalue weighted by molar-refractivity contribution is 0.0844. The second-order valence-corrected chi connectivity index (χ2v) is 5.13. The first-order chi connectivity index (χ1) is 6.48. The van der Waals surface area contributed by atoms with Gasteiger partial charge in [0, 0.05) is 0 Å². The van der Waals surface area contributed by atoms with Gasteiger partial charge in [0.25, 0.3) is 0 Å². The van der Waals surface area contributed by atoms with Crippen molar-refractivity contribution in [1.82, 2.24) is 0 Å². The molecule has 1 N–H and O–H groups in total. The van der Waals surface area contributed by atoms with E-state index in [1.807, 2.05) is 6.07 Å². The van der Waals surface area contributed by atoms with Crippen LogP contribution in [0.4, 0.5) is 0 Å². The molecule has 0 unspecified atom stereocenters. The van der Waals surface area contributed by atoms with E-state index in [9.17, 15) is 5.11 Å². The van der Waals surface area contributed by atoms with Gasteiger partial charge in [-0.3, -0.25) is 0 Å². The third kappa shape index (κ3) is 1.73. The minimum atomic E-state index is -0.0938. The van der Waals surface area contributed by atoms with Crippen molar-refractivity contribution < 1.29 is 9.84 Å². The summed E-state index contributed by atoms with van der Waals surface area (Å²) in [6.45, 7) is 4.16. The number of halogens is 1. The lowest BCUT2D eigenvalue weighted by atomic mass is 9.94. The topological polar surface area (TPSA) is 29.5 Å². The smallest absolute Gasteiger partial charge is 0.130 e. The Bertz CT molecular complexity index is 372. The normalized spacial score (nSPS) is 18.5. The fourth-order valence-electron chi connectivity index (χ4n) is 1.66. The standard InChI is InChI=1S/C11H13BrO2/c1-11(2)4-3-7-5-9(13)8(12)6-10(7)14-11/h5-6,13H,3-4H2,1-2H3. The first kappa shape index (κ1) is 9.84. The van der Waals surface area contributed by atoms with Gasteiger partial charge in [-0.25, -0.2) is 0 Å². The van der Waals surface area contributed by atoms with Gasteiger partial charge >= 0.3 is 0 Å². The third-order valence-corrected chi connectivity index (χ3v) is 3.15. The van der Waals surface area contributed by atoms with Crippen molar-refractivity contribution in [2.75, 3.05) is 0 Å². The molecule has 1 aromatic rings. The molecule has 3 heteroatoms. The predicted molar refractivity (Wildman–Crippen MR) is 58.8 cm³/mol. The molecule has 0 atom stereocenters. The van der Waals surface area contributed by atoms with Crippen LogP contribution in [-0.4, -0.2) is 10.7 Å². The fourth-order valence-corrected chi connectivity index (χ4v) is 1.98. The van der Waals surface area contributed by atoms with Gasteiger partial charge < -0.3 is 9.84 Å². The number of phenols is 1. The Morgan fingerprint density at radius 2 is 2.14 bits per heavy atom. The quantitative estimate of drug-likeness (QED) is 0.773. The summed E-state index contributed by atoms with van der Waals surface area (Å²) >= 11 is 3.28. The van der Waals surface area contributed by atoms with E-state index in [1.165, 1.54) is 0 Å². The first-order valence-electron chi connectivity index (χ1n) is 4.68. The highest BCUT2D eigenvalue weighted by atomic mass is 79.9. The van der Waals surface area contributed by atoms with Gasteiger partial charge in [-0.15, -0.1) is 0 Å². The van der Waals surface area contributed by atoms with Crippen LogP contribution >= 0.6 is 15.9 Å². The highest BCUT2D eigenvalue weighted by molar-refractivity contribution is 9.10. The second kappa shape index (κ2) is 3.16. The van der Waals surface area contributed by atoms with Crippen LogP contribution in [0, 0.1) is 0 Å². The molecule has 0 saturated carbocycles. The van der Waals surface area contributed by atoms with Crippen LogP contribution in [0.3, 0.4) is 0 Å². The molecule has 2 nitrogen and oxygen atoms in total. The Hall–Kier alpha value is -0.700. The molecule has 1 aliphatic heterocycles. The molecule has 0 bridgehead atoms. The lowest BCUT2D eigenvalue weighted by Gasteiger charge is -2.32. The Morgan fingerprint density at radius 3 is 2.86 bits per heavy atom. The van der Waals surface area contributed by atoms with E-state index < -0.39 is 0 Å². The second-order valence-electron chi connectivity index (χ2n) is 4.27. The van der Waals surface area contributed by atoms with Gasteiger partial charge in [0.15, 0.2) is 0 Å². The highest BCUT2D eigenvalue weighted by Gasteiger charge is 2.27. The minimum Gasteiger partial charge on any atom is -0.507 e. The molecule has 0 radical (unpaired) electrons. The van der Waals surface area contributed by atoms with Gasteiger partial charge in [0.05, 0.1) is 4.47 Å². The van der Waals surface area contributed by atoms with Crippen LogP contribution in [0.1, 0.15) is 25.8 Å². The number of fused-ring (bicyclic) bond motifs is 1. The largest absolute Gasteiger partial charge is 0.507 e. The average Bonchev–Trinajstić information content (AvgIpc) is 2.07. The molecule has 14 heavy (non-hydrogen) atoms. The van der Waals surface area contributed by atoms with Crippen molar-refractivity contribution in [3.05, 3.63) is 22.2 Å². The van der Waals surface area contributed by atoms with E-state index >= 15 is 0 Å². The molecule has 2 rings (SSSR count). The summed E-state index contributed by atoms with van der Waals surface area (Å²) in [6, 6.07) is 3.61. The van der Waals surface area contributed by atoms with Crippen molar-refractivity contribution in [1.29, 1.82) is 0 Å². The number of hydrogen-bond acceptors (Lipinski definition) is 2. The summed E-state index contributed by atoms with van der Waals surface area (Å²) in [6.07, 6.45) is 1.95. The molecule has 76 valence electrons. The van der Waals surface area contributed by atoms with Crippen LogP contribution in [0.2, 0.25) is 0 Å². The van der Waals surface area contributed by atoms with Crippen molar-refractivity contribution in [3.63, 3.8) is 0 Å². The summed E-state index contributed by atoms with van der Waals surface area (Å²) in [4.78, 5) is 0. The molecule has 0 aliphatic carbocycles. The summed E-state index contributed by atoms with van der Waals surface area (Å²) in [5, 5.41) is 9.50. The maximum Gasteiger partial charge on any atom is 0.130 e. The van der Waals surface area contributed by atoms with Gasteiger partial charge in [-0.1, -0.05) is 0 Å². The summed E-state index contributed by atoms with van der Waals surface area (Å²) < 4.78 is 6.50. The number of hydrogen-bond donors (Lipinski definition) is 1. The molecule has 1 heterocycles. The summed E-state index contributed by atoms with van der Waals surface area (Å²) in [5.74, 6) is 1.16. The number of ether oxygens (including phenoxy) is 1. The maximum absolute atomic E-state index is 9.50. The number of phenolic OH excluding ortho intramolecular Hbond substituents is 1. The van der Waals surface area contributed by atoms with Crippen molar-refractivity contribution in [2.24, 2.45) is 0 Å². The minimum absolute atomic E-state index is 0.0938. The van der Waals surface area contributed by atoms with Crippen LogP contribution < -0.4 is 4.74 Å². The van der Waals surface area contributed by atoms with E-state index in [0.29, 0.717) is 4.47 Å². The number of aryl methyl sites for hydroxylation is 1. The van der Waals surface area contributed by atoms with Crippen LogP contribution in [-0.2, 0) is 6.42 Å².